The van der Waals surface area contributed by atoms with Gasteiger partial charge >= 0.3 is 27.7 Å². The van der Waals surface area contributed by atoms with Gasteiger partial charge in [-0.3, -0.25) is 0 Å². The van der Waals surface area contributed by atoms with Crippen LogP contribution in [-0.2, 0) is 37.1 Å². The Morgan fingerprint density at radius 3 is 1.41 bits per heavy atom. The molecular weight excluding hydrogens is 482 g/mol. The summed E-state index contributed by atoms with van der Waals surface area (Å²) in [6.07, 6.45) is 0.464. The quantitative estimate of drug-likeness (QED) is 0.238. The maximum absolute atomic E-state index is 6.91. The summed E-state index contributed by atoms with van der Waals surface area (Å²) in [5.41, 5.74) is -1.81. The molecular formula is C20H36Cl2O4Pd. The average molecular weight is 518 g/mol. The molecule has 0 bridgehead atoms. The molecule has 0 amide bonds. The number of ether oxygens (including phenoxy) is 4. The average Bonchev–Trinajstić information content (AvgIpc) is 2.38. The number of halogens is 2. The number of hydrogen-bond acceptors (Lipinski definition) is 4. The van der Waals surface area contributed by atoms with Gasteiger partial charge in [-0.15, -0.1) is 11.6 Å². The van der Waals surface area contributed by atoms with Crippen LogP contribution in [0.15, 0.2) is 11.5 Å². The zero-order valence-electron chi connectivity index (χ0n) is 18.7. The molecule has 0 aromatic carbocycles. The first-order valence-electron chi connectivity index (χ1n) is 8.94. The SMILES string of the molecule is CC(C)(C)OC1=C(OC(C)(C)C)[C@@](Cl)(OC(C)(C)C)[C-]1OC(C)(C)C.[Cl][Pd+]. The van der Waals surface area contributed by atoms with Crippen molar-refractivity contribution < 1.29 is 37.1 Å². The van der Waals surface area contributed by atoms with E-state index >= 15 is 0 Å². The van der Waals surface area contributed by atoms with E-state index in [1.165, 1.54) is 0 Å². The molecule has 0 N–H and O–H groups in total. The third kappa shape index (κ3) is 9.15. The predicted molar refractivity (Wildman–Crippen MR) is 108 cm³/mol. The van der Waals surface area contributed by atoms with Crippen molar-refractivity contribution in [3.8, 4) is 0 Å². The first-order chi connectivity index (χ1) is 11.7. The van der Waals surface area contributed by atoms with E-state index in [0.717, 1.165) is 0 Å². The molecule has 0 aromatic heterocycles. The summed E-state index contributed by atoms with van der Waals surface area (Å²) in [6, 6.07) is 0. The summed E-state index contributed by atoms with van der Waals surface area (Å²) in [7, 11) is 4.49. The molecule has 0 saturated carbocycles. The van der Waals surface area contributed by atoms with Crippen molar-refractivity contribution in [1.29, 1.82) is 0 Å². The van der Waals surface area contributed by atoms with Gasteiger partial charge in [0.15, 0.2) is 0 Å². The van der Waals surface area contributed by atoms with Crippen molar-refractivity contribution in [1.82, 2.24) is 0 Å². The summed E-state index contributed by atoms with van der Waals surface area (Å²) >= 11 is 9.13. The van der Waals surface area contributed by atoms with Crippen molar-refractivity contribution in [2.24, 2.45) is 0 Å². The molecule has 1 rings (SSSR count). The first kappa shape index (κ1) is 27.4. The summed E-state index contributed by atoms with van der Waals surface area (Å²) in [6.45, 7) is 23.6. The van der Waals surface area contributed by atoms with Crippen molar-refractivity contribution >= 4 is 21.1 Å². The van der Waals surface area contributed by atoms with Crippen molar-refractivity contribution in [3.05, 3.63) is 17.6 Å². The van der Waals surface area contributed by atoms with Crippen LogP contribution in [0.4, 0.5) is 0 Å². The summed E-state index contributed by atoms with van der Waals surface area (Å²) in [5, 5.41) is -1.31. The Balaban J connectivity index is 0.00000326. The fourth-order valence-corrected chi connectivity index (χ4v) is 2.67. The molecule has 0 spiro atoms. The van der Waals surface area contributed by atoms with Gasteiger partial charge in [-0.25, -0.2) is 0 Å². The molecule has 0 aromatic rings. The summed E-state index contributed by atoms with van der Waals surface area (Å²) in [5.74, 6) is 0.988. The van der Waals surface area contributed by atoms with E-state index in [9.17, 15) is 0 Å². The Bertz CT molecular complexity index is 522. The van der Waals surface area contributed by atoms with Gasteiger partial charge in [0.1, 0.15) is 5.06 Å². The van der Waals surface area contributed by atoms with Crippen LogP contribution in [0.2, 0.25) is 0 Å². The van der Waals surface area contributed by atoms with E-state index in [1.807, 2.05) is 83.1 Å². The molecule has 0 saturated heterocycles. The molecule has 0 heterocycles. The molecule has 7 heteroatoms. The third-order valence-corrected chi connectivity index (χ3v) is 3.09. The molecule has 0 unspecified atom stereocenters. The van der Waals surface area contributed by atoms with Crippen LogP contribution in [0.5, 0.6) is 0 Å². The molecule has 1 aliphatic rings. The van der Waals surface area contributed by atoms with E-state index in [1.54, 1.807) is 0 Å². The second-order valence-corrected chi connectivity index (χ2v) is 11.0. The molecule has 4 nitrogen and oxygen atoms in total. The van der Waals surface area contributed by atoms with Gasteiger partial charge in [0.05, 0.1) is 16.8 Å². The summed E-state index contributed by atoms with van der Waals surface area (Å²) in [4.78, 5) is 0. The molecule has 164 valence electrons. The molecule has 0 aliphatic heterocycles. The summed E-state index contributed by atoms with van der Waals surface area (Å²) < 4.78 is 24.6. The molecule has 0 radical (unpaired) electrons. The molecule has 0 fully saturated rings. The Kier molecular flexibility index (Phi) is 9.15. The van der Waals surface area contributed by atoms with E-state index < -0.39 is 27.5 Å². The van der Waals surface area contributed by atoms with Crippen LogP contribution < -0.4 is 0 Å². The third-order valence-electron chi connectivity index (χ3n) is 2.67. The predicted octanol–water partition coefficient (Wildman–Crippen LogP) is 6.63. The van der Waals surface area contributed by atoms with Gasteiger partial charge in [0.2, 0.25) is 0 Å². The van der Waals surface area contributed by atoms with E-state index in [4.69, 9.17) is 30.5 Å². The zero-order valence-corrected chi connectivity index (χ0v) is 21.8. The number of hydrogen-bond donors (Lipinski definition) is 0. The number of rotatable bonds is 4. The fourth-order valence-electron chi connectivity index (χ4n) is 2.19. The van der Waals surface area contributed by atoms with Gasteiger partial charge in [-0.05, 0) is 89.2 Å². The van der Waals surface area contributed by atoms with Crippen LogP contribution in [0.25, 0.3) is 0 Å². The molecule has 27 heavy (non-hydrogen) atoms. The first-order valence-corrected chi connectivity index (χ1v) is 11.3. The standard InChI is InChI=1S/C20H36ClO4.ClH.Pd/c1-16(2,3)22-13-14(23-17(4,5)6)20(21,25-19(10,11)12)15(13)24-18(7,8)9;;/h1-12H3;1H;/q-1;;+2/p-1. The minimum atomic E-state index is -1.31. The second kappa shape index (κ2) is 9.02. The van der Waals surface area contributed by atoms with Crippen LogP contribution >= 0.6 is 21.1 Å². The van der Waals surface area contributed by atoms with Crippen LogP contribution in [0.1, 0.15) is 83.1 Å². The van der Waals surface area contributed by atoms with Crippen molar-refractivity contribution in [2.45, 2.75) is 111 Å². The Morgan fingerprint density at radius 2 is 1.11 bits per heavy atom. The van der Waals surface area contributed by atoms with E-state index in [-0.39, 0.29) is 0 Å². The minimum absolute atomic E-state index is 0.422. The van der Waals surface area contributed by atoms with Crippen molar-refractivity contribution in [2.75, 3.05) is 0 Å². The Morgan fingerprint density at radius 1 is 0.704 bits per heavy atom. The van der Waals surface area contributed by atoms with Gasteiger partial charge in [0.25, 0.3) is 0 Å². The topological polar surface area (TPSA) is 36.9 Å². The monoisotopic (exact) mass is 516 g/mol. The van der Waals surface area contributed by atoms with Crippen LogP contribution in [-0.4, -0.2) is 27.5 Å². The molecule has 1 aliphatic carbocycles. The van der Waals surface area contributed by atoms with Crippen LogP contribution in [0.3, 0.4) is 0 Å². The van der Waals surface area contributed by atoms with Gasteiger partial charge in [-0.2, -0.15) is 0 Å². The Labute approximate surface area is 186 Å². The number of alkyl halides is 1. The molecule has 1 atom stereocenters. The van der Waals surface area contributed by atoms with E-state index in [0.29, 0.717) is 17.6 Å². The van der Waals surface area contributed by atoms with Gasteiger partial charge in [-0.1, -0.05) is 0 Å². The Hall–Kier alpha value is 0.372. The van der Waals surface area contributed by atoms with Crippen LogP contribution in [0, 0.1) is 6.10 Å². The fraction of sp³-hybridized carbons (Fsp3) is 0.850. The second-order valence-electron chi connectivity index (χ2n) is 10.4. The maximum atomic E-state index is 6.91. The normalized spacial score (nSPS) is 21.4. The van der Waals surface area contributed by atoms with E-state index in [2.05, 4.69) is 27.7 Å². The van der Waals surface area contributed by atoms with Gasteiger partial charge < -0.3 is 18.9 Å². The van der Waals surface area contributed by atoms with Gasteiger partial charge in [0, 0.05) is 17.1 Å². The van der Waals surface area contributed by atoms with Crippen molar-refractivity contribution in [3.63, 3.8) is 0 Å². The zero-order chi connectivity index (χ0) is 22.1.